The van der Waals surface area contributed by atoms with Crippen LogP contribution < -0.4 is 5.43 Å². The number of aromatic nitrogens is 2. The van der Waals surface area contributed by atoms with Crippen molar-refractivity contribution >= 4 is 22.9 Å². The Morgan fingerprint density at radius 2 is 1.84 bits per heavy atom. The van der Waals surface area contributed by atoms with Crippen molar-refractivity contribution in [3.63, 3.8) is 0 Å². The number of hydrogen-bond donors (Lipinski definition) is 1. The summed E-state index contributed by atoms with van der Waals surface area (Å²) in [5, 5.41) is 5.23. The fraction of sp³-hybridized carbons (Fsp3) is 0. The number of fused-ring (bicyclic) bond motifs is 1. The van der Waals surface area contributed by atoms with Crippen molar-refractivity contribution in [2.75, 3.05) is 5.43 Å². The lowest BCUT2D eigenvalue weighted by Crippen LogP contribution is -1.94. The molecule has 0 atom stereocenters. The van der Waals surface area contributed by atoms with Crippen molar-refractivity contribution in [1.82, 2.24) is 9.97 Å². The molecule has 4 nitrogen and oxygen atoms in total. The molecule has 1 N–H and O–H groups in total. The van der Waals surface area contributed by atoms with Gasteiger partial charge in [0.05, 0.1) is 17.4 Å². The van der Waals surface area contributed by atoms with Crippen molar-refractivity contribution in [1.29, 1.82) is 0 Å². The molecule has 0 fully saturated rings. The van der Waals surface area contributed by atoms with Crippen LogP contribution in [0.15, 0.2) is 65.9 Å². The molecular formula is C15H12N4. The summed E-state index contributed by atoms with van der Waals surface area (Å²) < 4.78 is 0. The molecule has 0 saturated heterocycles. The highest BCUT2D eigenvalue weighted by atomic mass is 15.3. The number of hydrogen-bond acceptors (Lipinski definition) is 4. The lowest BCUT2D eigenvalue weighted by molar-refractivity contribution is 1.24. The fourth-order valence-corrected chi connectivity index (χ4v) is 1.75. The zero-order valence-electron chi connectivity index (χ0n) is 10.2. The molecule has 0 unspecified atom stereocenters. The Balaban J connectivity index is 1.77. The van der Waals surface area contributed by atoms with E-state index in [9.17, 15) is 0 Å². The van der Waals surface area contributed by atoms with Gasteiger partial charge >= 0.3 is 0 Å². The third-order valence-corrected chi connectivity index (χ3v) is 2.66. The molecular weight excluding hydrogens is 236 g/mol. The highest BCUT2D eigenvalue weighted by Gasteiger charge is 1.95. The Bertz CT molecular complexity index is 707. The van der Waals surface area contributed by atoms with Gasteiger partial charge < -0.3 is 0 Å². The van der Waals surface area contributed by atoms with Gasteiger partial charge in [0.25, 0.3) is 0 Å². The average Bonchev–Trinajstić information content (AvgIpc) is 2.48. The van der Waals surface area contributed by atoms with E-state index >= 15 is 0 Å². The molecule has 1 aromatic carbocycles. The maximum absolute atomic E-state index is 4.46. The van der Waals surface area contributed by atoms with Crippen LogP contribution in [0.2, 0.25) is 0 Å². The minimum absolute atomic E-state index is 0.714. The Morgan fingerprint density at radius 3 is 2.74 bits per heavy atom. The number of hydrazone groups is 1. The van der Waals surface area contributed by atoms with Gasteiger partial charge in [0, 0.05) is 11.6 Å². The first kappa shape index (κ1) is 11.3. The molecule has 0 aliphatic carbocycles. The summed E-state index contributed by atoms with van der Waals surface area (Å²) in [7, 11) is 0. The molecule has 0 radical (unpaired) electrons. The van der Waals surface area contributed by atoms with Crippen LogP contribution >= 0.6 is 0 Å². The monoisotopic (exact) mass is 248 g/mol. The molecule has 2 aromatic heterocycles. The lowest BCUT2D eigenvalue weighted by Gasteiger charge is -2.01. The van der Waals surface area contributed by atoms with E-state index in [1.807, 2.05) is 54.6 Å². The number of benzene rings is 1. The van der Waals surface area contributed by atoms with E-state index in [4.69, 9.17) is 0 Å². The Labute approximate surface area is 110 Å². The highest BCUT2D eigenvalue weighted by Crippen LogP contribution is 2.14. The minimum atomic E-state index is 0.714. The Kier molecular flexibility index (Phi) is 3.14. The van der Waals surface area contributed by atoms with Crippen LogP contribution in [0.5, 0.6) is 0 Å². The summed E-state index contributed by atoms with van der Waals surface area (Å²) in [4.78, 5) is 8.61. The van der Waals surface area contributed by atoms with E-state index in [2.05, 4.69) is 20.5 Å². The number of para-hydroxylation sites is 1. The van der Waals surface area contributed by atoms with Crippen LogP contribution in [0.1, 0.15) is 5.69 Å². The fourth-order valence-electron chi connectivity index (χ4n) is 1.75. The molecule has 2 heterocycles. The maximum atomic E-state index is 4.46. The summed E-state index contributed by atoms with van der Waals surface area (Å²) in [6.45, 7) is 0. The molecule has 4 heteroatoms. The van der Waals surface area contributed by atoms with Gasteiger partial charge in [-0.2, -0.15) is 5.10 Å². The zero-order chi connectivity index (χ0) is 12.9. The second-order valence-electron chi connectivity index (χ2n) is 4.01. The van der Waals surface area contributed by atoms with E-state index in [1.54, 1.807) is 12.4 Å². The van der Waals surface area contributed by atoms with Gasteiger partial charge in [-0.15, -0.1) is 0 Å². The van der Waals surface area contributed by atoms with Crippen LogP contribution in [-0.2, 0) is 0 Å². The highest BCUT2D eigenvalue weighted by molar-refractivity contribution is 5.80. The normalized spacial score (nSPS) is 10.9. The van der Waals surface area contributed by atoms with E-state index in [1.165, 1.54) is 0 Å². The quantitative estimate of drug-likeness (QED) is 0.572. The first-order valence-corrected chi connectivity index (χ1v) is 5.98. The van der Waals surface area contributed by atoms with Crippen LogP contribution in [0, 0.1) is 0 Å². The molecule has 0 saturated carbocycles. The molecule has 92 valence electrons. The third kappa shape index (κ3) is 2.74. The van der Waals surface area contributed by atoms with Crippen molar-refractivity contribution < 1.29 is 0 Å². The second-order valence-corrected chi connectivity index (χ2v) is 4.01. The van der Waals surface area contributed by atoms with E-state index < -0.39 is 0 Å². The molecule has 0 amide bonds. The second kappa shape index (κ2) is 5.27. The molecule has 0 aliphatic heterocycles. The largest absolute Gasteiger partial charge is 0.261 e. The van der Waals surface area contributed by atoms with Crippen molar-refractivity contribution in [3.05, 3.63) is 66.5 Å². The number of nitrogens with zero attached hydrogens (tertiary/aromatic N) is 3. The molecule has 0 spiro atoms. The van der Waals surface area contributed by atoms with Crippen molar-refractivity contribution in [2.45, 2.75) is 0 Å². The number of nitrogens with one attached hydrogen (secondary N) is 1. The van der Waals surface area contributed by atoms with Gasteiger partial charge in [0.15, 0.2) is 0 Å². The third-order valence-electron chi connectivity index (χ3n) is 2.66. The molecule has 3 rings (SSSR count). The van der Waals surface area contributed by atoms with Gasteiger partial charge in [-0.05, 0) is 30.3 Å². The van der Waals surface area contributed by atoms with E-state index in [0.717, 1.165) is 16.6 Å². The standard InChI is InChI=1S/C15H12N4/c1-2-7-14-12(5-1)8-9-15(18-14)19-17-11-13-6-3-4-10-16-13/h1-11H,(H,18,19)/b17-11+. The number of rotatable bonds is 3. The van der Waals surface area contributed by atoms with Gasteiger partial charge in [0.1, 0.15) is 5.82 Å². The number of pyridine rings is 2. The Hall–Kier alpha value is -2.75. The summed E-state index contributed by atoms with van der Waals surface area (Å²) in [5.74, 6) is 0.714. The van der Waals surface area contributed by atoms with Crippen molar-refractivity contribution in [2.24, 2.45) is 5.10 Å². The van der Waals surface area contributed by atoms with E-state index in [-0.39, 0.29) is 0 Å². The van der Waals surface area contributed by atoms with Gasteiger partial charge in [-0.3, -0.25) is 10.4 Å². The number of anilines is 1. The van der Waals surface area contributed by atoms with E-state index in [0.29, 0.717) is 5.82 Å². The lowest BCUT2D eigenvalue weighted by atomic mass is 10.2. The zero-order valence-corrected chi connectivity index (χ0v) is 10.2. The first-order valence-electron chi connectivity index (χ1n) is 5.98. The van der Waals surface area contributed by atoms with Gasteiger partial charge in [-0.25, -0.2) is 4.98 Å². The summed E-state index contributed by atoms with van der Waals surface area (Å²) in [6, 6.07) is 17.6. The van der Waals surface area contributed by atoms with Crippen LogP contribution in [-0.4, -0.2) is 16.2 Å². The van der Waals surface area contributed by atoms with Gasteiger partial charge in [-0.1, -0.05) is 24.3 Å². The first-order chi connectivity index (χ1) is 9.42. The predicted molar refractivity (Wildman–Crippen MR) is 77.2 cm³/mol. The van der Waals surface area contributed by atoms with Crippen LogP contribution in [0.4, 0.5) is 5.82 Å². The molecule has 3 aromatic rings. The predicted octanol–water partition coefficient (Wildman–Crippen LogP) is 3.08. The average molecular weight is 248 g/mol. The molecule has 0 bridgehead atoms. The summed E-state index contributed by atoms with van der Waals surface area (Å²) >= 11 is 0. The maximum Gasteiger partial charge on any atom is 0.146 e. The topological polar surface area (TPSA) is 50.2 Å². The summed E-state index contributed by atoms with van der Waals surface area (Å²) in [6.07, 6.45) is 3.40. The molecule has 19 heavy (non-hydrogen) atoms. The minimum Gasteiger partial charge on any atom is -0.261 e. The summed E-state index contributed by atoms with van der Waals surface area (Å²) in [5.41, 5.74) is 4.65. The Morgan fingerprint density at radius 1 is 0.947 bits per heavy atom. The smallest absolute Gasteiger partial charge is 0.146 e. The SMILES string of the molecule is C(=N\Nc1ccc2ccccc2n1)/c1ccccn1. The van der Waals surface area contributed by atoms with Crippen LogP contribution in [0.25, 0.3) is 10.9 Å². The van der Waals surface area contributed by atoms with Crippen LogP contribution in [0.3, 0.4) is 0 Å². The van der Waals surface area contributed by atoms with Gasteiger partial charge in [0.2, 0.25) is 0 Å². The molecule has 0 aliphatic rings. The van der Waals surface area contributed by atoms with Crippen molar-refractivity contribution in [3.8, 4) is 0 Å².